The summed E-state index contributed by atoms with van der Waals surface area (Å²) in [5.41, 5.74) is 4.00. The van der Waals surface area contributed by atoms with Crippen LogP contribution in [-0.2, 0) is 6.54 Å². The molecule has 8 nitrogen and oxygen atoms in total. The highest BCUT2D eigenvalue weighted by molar-refractivity contribution is 7.10. The average molecular weight is 447 g/mol. The Hall–Kier alpha value is -2.56. The van der Waals surface area contributed by atoms with Crippen LogP contribution in [0.3, 0.4) is 0 Å². The summed E-state index contributed by atoms with van der Waals surface area (Å²) in [7, 11) is 0. The van der Waals surface area contributed by atoms with Crippen LogP contribution >= 0.6 is 23.1 Å². The molecule has 4 aromatic rings. The van der Waals surface area contributed by atoms with Crippen molar-refractivity contribution in [2.24, 2.45) is 0 Å². The molecular weight excluding hydrogens is 427 g/mol. The van der Waals surface area contributed by atoms with Gasteiger partial charge in [-0.05, 0) is 37.4 Å². The Kier molecular flexibility index (Phi) is 5.13. The Bertz CT molecular complexity index is 1160. The second-order valence-electron chi connectivity index (χ2n) is 7.38. The summed E-state index contributed by atoms with van der Waals surface area (Å²) in [5, 5.41) is 11.5. The third-order valence-corrected chi connectivity index (χ3v) is 6.43. The van der Waals surface area contributed by atoms with Gasteiger partial charge in [-0.25, -0.2) is 14.4 Å². The molecule has 11 heteroatoms. The Morgan fingerprint density at radius 3 is 2.93 bits per heavy atom. The lowest BCUT2D eigenvalue weighted by Gasteiger charge is -2.27. The zero-order valence-corrected chi connectivity index (χ0v) is 17.8. The highest BCUT2D eigenvalue weighted by Gasteiger charge is 2.20. The molecule has 1 saturated heterocycles. The number of nitrogens with one attached hydrogen (secondary N) is 2. The number of aryl methyl sites for hydroxylation is 1. The quantitative estimate of drug-likeness (QED) is 0.477. The van der Waals surface area contributed by atoms with Gasteiger partial charge in [0.05, 0.1) is 29.5 Å². The minimum atomic E-state index is -0.669. The van der Waals surface area contributed by atoms with Crippen molar-refractivity contribution in [3.63, 3.8) is 0 Å². The van der Waals surface area contributed by atoms with Crippen LogP contribution in [-0.4, -0.2) is 53.1 Å². The van der Waals surface area contributed by atoms with Crippen LogP contribution in [0.4, 0.5) is 15.2 Å². The molecule has 5 rings (SSSR count). The number of likely N-dealkylation sites (tertiary alicyclic amines) is 1. The van der Waals surface area contributed by atoms with Crippen LogP contribution in [0.2, 0.25) is 5.15 Å². The minimum Gasteiger partial charge on any atom is -0.328 e. The molecule has 1 aliphatic heterocycles. The second-order valence-corrected chi connectivity index (χ2v) is 8.55. The molecule has 30 heavy (non-hydrogen) atoms. The Balaban J connectivity index is 1.41. The standard InChI is InChI=1S/C19H20ClFN8S/c1-11-17(20)29-15(12-7-23-24-8-12)9-22-19(29)18(25-11)26-16-6-14(27-30-16)10-28-4-2-13(21)3-5-28/h6-9,13H,2-5,10H2,1H3,(H,23,24)(H,25,26). The number of nitrogens with zero attached hydrogens (tertiary/aromatic N) is 6. The van der Waals surface area contributed by atoms with E-state index in [1.54, 1.807) is 18.6 Å². The molecule has 0 aliphatic carbocycles. The fourth-order valence-corrected chi connectivity index (χ4v) is 4.54. The van der Waals surface area contributed by atoms with E-state index < -0.39 is 6.17 Å². The lowest BCUT2D eigenvalue weighted by molar-refractivity contribution is 0.144. The molecule has 0 unspecified atom stereocenters. The fraction of sp³-hybridized carbons (Fsp3) is 0.368. The molecule has 0 atom stereocenters. The van der Waals surface area contributed by atoms with E-state index in [1.807, 2.05) is 17.4 Å². The minimum absolute atomic E-state index is 0.505. The number of fused-ring (bicyclic) bond motifs is 1. The normalized spacial score (nSPS) is 15.8. The summed E-state index contributed by atoms with van der Waals surface area (Å²) in [6, 6.07) is 2.01. The van der Waals surface area contributed by atoms with Gasteiger partial charge in [0.1, 0.15) is 16.3 Å². The lowest BCUT2D eigenvalue weighted by atomic mass is 10.1. The highest BCUT2D eigenvalue weighted by Crippen LogP contribution is 2.31. The third kappa shape index (κ3) is 3.66. The molecule has 0 aromatic carbocycles. The van der Waals surface area contributed by atoms with Crippen molar-refractivity contribution in [3.8, 4) is 11.3 Å². The summed E-state index contributed by atoms with van der Waals surface area (Å²) >= 11 is 7.92. The predicted octanol–water partition coefficient (Wildman–Crippen LogP) is 4.22. The van der Waals surface area contributed by atoms with E-state index in [-0.39, 0.29) is 0 Å². The SMILES string of the molecule is Cc1nc(Nc2cc(CN3CCC(F)CC3)ns2)c2ncc(-c3cn[nH]c3)n2c1Cl. The molecule has 0 radical (unpaired) electrons. The van der Waals surface area contributed by atoms with Gasteiger partial charge in [-0.2, -0.15) is 9.47 Å². The van der Waals surface area contributed by atoms with Crippen LogP contribution < -0.4 is 5.32 Å². The summed E-state index contributed by atoms with van der Waals surface area (Å²) in [5.74, 6) is 0.611. The Labute approximate surface area is 181 Å². The van der Waals surface area contributed by atoms with Crippen molar-refractivity contribution in [2.75, 3.05) is 18.4 Å². The van der Waals surface area contributed by atoms with E-state index in [0.29, 0.717) is 35.2 Å². The molecule has 156 valence electrons. The smallest absolute Gasteiger partial charge is 0.182 e. The summed E-state index contributed by atoms with van der Waals surface area (Å²) in [6.45, 7) is 4.12. The maximum Gasteiger partial charge on any atom is 0.182 e. The molecule has 0 spiro atoms. The van der Waals surface area contributed by atoms with E-state index in [1.165, 1.54) is 11.5 Å². The zero-order chi connectivity index (χ0) is 20.7. The van der Waals surface area contributed by atoms with E-state index in [0.717, 1.165) is 41.6 Å². The first-order chi connectivity index (χ1) is 14.6. The number of hydrogen-bond acceptors (Lipinski definition) is 7. The van der Waals surface area contributed by atoms with Gasteiger partial charge in [-0.1, -0.05) is 11.6 Å². The molecular formula is C19H20ClFN8S. The highest BCUT2D eigenvalue weighted by atomic mass is 35.5. The van der Waals surface area contributed by atoms with Crippen LogP contribution in [0.15, 0.2) is 24.7 Å². The summed E-state index contributed by atoms with van der Waals surface area (Å²) < 4.78 is 19.7. The topological polar surface area (TPSA) is 87.0 Å². The van der Waals surface area contributed by atoms with Crippen LogP contribution in [0, 0.1) is 6.92 Å². The maximum atomic E-state index is 13.3. The van der Waals surface area contributed by atoms with Crippen molar-refractivity contribution >= 4 is 39.6 Å². The van der Waals surface area contributed by atoms with Gasteiger partial charge in [0.2, 0.25) is 0 Å². The average Bonchev–Trinajstić information content (AvgIpc) is 3.48. The maximum absolute atomic E-state index is 13.3. The first-order valence-corrected chi connectivity index (χ1v) is 10.9. The Morgan fingerprint density at radius 2 is 2.17 bits per heavy atom. The number of rotatable bonds is 5. The molecule has 2 N–H and O–H groups in total. The zero-order valence-electron chi connectivity index (χ0n) is 16.3. The number of imidazole rings is 1. The second kappa shape index (κ2) is 7.93. The first-order valence-electron chi connectivity index (χ1n) is 9.70. The predicted molar refractivity (Wildman–Crippen MR) is 115 cm³/mol. The number of halogens is 2. The van der Waals surface area contributed by atoms with Crippen LogP contribution in [0.25, 0.3) is 16.9 Å². The Morgan fingerprint density at radius 1 is 1.33 bits per heavy atom. The molecule has 0 bridgehead atoms. The fourth-order valence-electron chi connectivity index (χ4n) is 3.67. The monoisotopic (exact) mass is 446 g/mol. The molecule has 4 aromatic heterocycles. The van der Waals surface area contributed by atoms with Crippen molar-refractivity contribution in [1.82, 2.24) is 33.8 Å². The molecule has 0 saturated carbocycles. The third-order valence-electron chi connectivity index (χ3n) is 5.25. The lowest BCUT2D eigenvalue weighted by Crippen LogP contribution is -2.33. The van der Waals surface area contributed by atoms with Gasteiger partial charge in [0.15, 0.2) is 11.5 Å². The van der Waals surface area contributed by atoms with Crippen LogP contribution in [0.5, 0.6) is 0 Å². The van der Waals surface area contributed by atoms with Crippen molar-refractivity contribution in [3.05, 3.63) is 41.2 Å². The molecule has 1 fully saturated rings. The van der Waals surface area contributed by atoms with E-state index in [4.69, 9.17) is 11.6 Å². The van der Waals surface area contributed by atoms with Gasteiger partial charge < -0.3 is 5.32 Å². The molecule has 1 aliphatic rings. The largest absolute Gasteiger partial charge is 0.328 e. The van der Waals surface area contributed by atoms with E-state index in [9.17, 15) is 4.39 Å². The number of anilines is 2. The van der Waals surface area contributed by atoms with Gasteiger partial charge in [-0.3, -0.25) is 14.4 Å². The van der Waals surface area contributed by atoms with Crippen LogP contribution in [0.1, 0.15) is 24.2 Å². The number of alkyl halides is 1. The van der Waals surface area contributed by atoms with E-state index >= 15 is 0 Å². The van der Waals surface area contributed by atoms with Gasteiger partial charge >= 0.3 is 0 Å². The van der Waals surface area contributed by atoms with Crippen molar-refractivity contribution in [1.29, 1.82) is 0 Å². The molecule has 5 heterocycles. The summed E-state index contributed by atoms with van der Waals surface area (Å²) in [6.07, 6.45) is 5.80. The van der Waals surface area contributed by atoms with Gasteiger partial charge in [-0.15, -0.1) is 0 Å². The number of aromatic amines is 1. The number of hydrogen-bond donors (Lipinski definition) is 2. The number of H-pyrrole nitrogens is 1. The number of aromatic nitrogens is 6. The van der Waals surface area contributed by atoms with Gasteiger partial charge in [0, 0.05) is 31.4 Å². The number of piperidine rings is 1. The van der Waals surface area contributed by atoms with Crippen molar-refractivity contribution < 1.29 is 4.39 Å². The van der Waals surface area contributed by atoms with Gasteiger partial charge in [0.25, 0.3) is 0 Å². The first kappa shape index (κ1) is 19.4. The summed E-state index contributed by atoms with van der Waals surface area (Å²) in [4.78, 5) is 11.4. The van der Waals surface area contributed by atoms with Crippen molar-refractivity contribution in [2.45, 2.75) is 32.5 Å². The molecule has 0 amide bonds. The van der Waals surface area contributed by atoms with E-state index in [2.05, 4.69) is 34.8 Å².